The van der Waals surface area contributed by atoms with Gasteiger partial charge in [-0.1, -0.05) is 12.1 Å². The summed E-state index contributed by atoms with van der Waals surface area (Å²) < 4.78 is 0. The number of nitrogen functional groups attached to an aromatic ring is 1. The number of nitrogens with two attached hydrogens (primary N) is 1. The van der Waals surface area contributed by atoms with Crippen LogP contribution in [0.4, 0.5) is 5.69 Å². The van der Waals surface area contributed by atoms with Crippen LogP contribution in [0.3, 0.4) is 0 Å². The summed E-state index contributed by atoms with van der Waals surface area (Å²) in [6, 6.07) is 7.37. The maximum absolute atomic E-state index is 10.3. The molecule has 0 radical (unpaired) electrons. The molecule has 0 aromatic heterocycles. The Bertz CT molecular complexity index is 298. The first-order chi connectivity index (χ1) is 5.72. The van der Waals surface area contributed by atoms with Gasteiger partial charge in [-0.15, -0.1) is 0 Å². The molecule has 0 saturated heterocycles. The van der Waals surface area contributed by atoms with Gasteiger partial charge < -0.3 is 5.73 Å². The largest absolute Gasteiger partial charge is 0.399 e. The number of hydrogen-bond donors (Lipinski definition) is 1. The number of carbonyl (C=O) groups excluding carboxylic acids is 1. The lowest BCUT2D eigenvalue weighted by atomic mass is 10.1. The van der Waals surface area contributed by atoms with Gasteiger partial charge in [0.25, 0.3) is 0 Å². The Labute approximate surface area is 71.7 Å². The second-order valence-electron chi connectivity index (χ2n) is 2.67. The molecule has 0 fully saturated rings. The van der Waals surface area contributed by atoms with Gasteiger partial charge in [-0.2, -0.15) is 0 Å². The number of anilines is 1. The first-order valence-electron chi connectivity index (χ1n) is 3.71. The van der Waals surface area contributed by atoms with E-state index in [1.165, 1.54) is 0 Å². The zero-order valence-electron chi connectivity index (χ0n) is 6.95. The average Bonchev–Trinajstić information content (AvgIpc) is 2.09. The van der Waals surface area contributed by atoms with Crippen LogP contribution in [0.5, 0.6) is 0 Å². The second-order valence-corrected chi connectivity index (χ2v) is 2.67. The highest BCUT2D eigenvalue weighted by molar-refractivity contribution is 5.80. The molecule has 0 bridgehead atoms. The van der Waals surface area contributed by atoms with Gasteiger partial charge in [0.1, 0.15) is 6.29 Å². The molecule has 2 heteroatoms. The third kappa shape index (κ3) is 2.23. The van der Waals surface area contributed by atoms with Crippen LogP contribution < -0.4 is 5.73 Å². The van der Waals surface area contributed by atoms with E-state index in [0.29, 0.717) is 5.57 Å². The minimum absolute atomic E-state index is 0.708. The molecule has 0 aliphatic heterocycles. The van der Waals surface area contributed by atoms with Crippen molar-refractivity contribution in [3.63, 3.8) is 0 Å². The van der Waals surface area contributed by atoms with E-state index < -0.39 is 0 Å². The summed E-state index contributed by atoms with van der Waals surface area (Å²) in [5, 5.41) is 0. The number of benzene rings is 1. The molecule has 1 aromatic rings. The highest BCUT2D eigenvalue weighted by Crippen LogP contribution is 2.08. The quantitative estimate of drug-likeness (QED) is 0.409. The molecule has 0 heterocycles. The Morgan fingerprint density at radius 2 is 1.92 bits per heavy atom. The second kappa shape index (κ2) is 3.72. The molecule has 0 unspecified atom stereocenters. The van der Waals surface area contributed by atoms with Crippen molar-refractivity contribution in [3.05, 3.63) is 35.4 Å². The van der Waals surface area contributed by atoms with Crippen LogP contribution in [0, 0.1) is 0 Å². The van der Waals surface area contributed by atoms with Crippen molar-refractivity contribution in [2.45, 2.75) is 6.92 Å². The third-order valence-corrected chi connectivity index (χ3v) is 1.52. The summed E-state index contributed by atoms with van der Waals surface area (Å²) in [7, 11) is 0. The van der Waals surface area contributed by atoms with Crippen LogP contribution in [-0.2, 0) is 4.79 Å². The van der Waals surface area contributed by atoms with E-state index >= 15 is 0 Å². The minimum Gasteiger partial charge on any atom is -0.399 e. The van der Waals surface area contributed by atoms with Gasteiger partial charge in [-0.05, 0) is 36.3 Å². The number of rotatable bonds is 2. The Kier molecular flexibility index (Phi) is 2.64. The Balaban J connectivity index is 2.91. The lowest BCUT2D eigenvalue weighted by Gasteiger charge is -1.94. The van der Waals surface area contributed by atoms with E-state index in [1.807, 2.05) is 30.3 Å². The Morgan fingerprint density at radius 1 is 1.33 bits per heavy atom. The molecule has 2 N–H and O–H groups in total. The van der Waals surface area contributed by atoms with Gasteiger partial charge >= 0.3 is 0 Å². The van der Waals surface area contributed by atoms with Crippen molar-refractivity contribution >= 4 is 18.0 Å². The molecule has 62 valence electrons. The first kappa shape index (κ1) is 8.53. The molecule has 0 amide bonds. The highest BCUT2D eigenvalue weighted by atomic mass is 16.1. The highest BCUT2D eigenvalue weighted by Gasteiger charge is 1.88. The SMILES string of the molecule is C/C(C=O)=C\c1ccc(N)cc1. The number of allylic oxidation sites excluding steroid dienone is 1. The monoisotopic (exact) mass is 161 g/mol. The number of carbonyl (C=O) groups is 1. The van der Waals surface area contributed by atoms with E-state index in [2.05, 4.69) is 0 Å². The molecule has 0 saturated carbocycles. The van der Waals surface area contributed by atoms with Crippen LogP contribution in [0.15, 0.2) is 29.8 Å². The topological polar surface area (TPSA) is 43.1 Å². The fourth-order valence-corrected chi connectivity index (χ4v) is 0.889. The maximum atomic E-state index is 10.3. The zero-order valence-corrected chi connectivity index (χ0v) is 6.95. The lowest BCUT2D eigenvalue weighted by Crippen LogP contribution is -1.83. The summed E-state index contributed by atoms with van der Waals surface area (Å²) in [4.78, 5) is 10.3. The van der Waals surface area contributed by atoms with Crippen molar-refractivity contribution in [1.82, 2.24) is 0 Å². The molecule has 0 atom stereocenters. The summed E-state index contributed by atoms with van der Waals surface area (Å²) in [5.41, 5.74) is 7.93. The fourth-order valence-electron chi connectivity index (χ4n) is 0.889. The lowest BCUT2D eigenvalue weighted by molar-refractivity contribution is -0.104. The zero-order chi connectivity index (χ0) is 8.97. The molecule has 1 aromatic carbocycles. The molecule has 12 heavy (non-hydrogen) atoms. The van der Waals surface area contributed by atoms with E-state index in [-0.39, 0.29) is 0 Å². The van der Waals surface area contributed by atoms with E-state index in [1.54, 1.807) is 6.92 Å². The van der Waals surface area contributed by atoms with Crippen molar-refractivity contribution < 1.29 is 4.79 Å². The van der Waals surface area contributed by atoms with Crippen molar-refractivity contribution in [2.75, 3.05) is 5.73 Å². The predicted molar refractivity (Wildman–Crippen MR) is 50.6 cm³/mol. The van der Waals surface area contributed by atoms with E-state index in [4.69, 9.17) is 5.73 Å². The van der Waals surface area contributed by atoms with Gasteiger partial charge in [-0.25, -0.2) is 0 Å². The molecule has 0 aliphatic carbocycles. The van der Waals surface area contributed by atoms with E-state index in [9.17, 15) is 4.79 Å². The summed E-state index contributed by atoms with van der Waals surface area (Å²) >= 11 is 0. The Morgan fingerprint density at radius 3 is 2.42 bits per heavy atom. The van der Waals surface area contributed by atoms with Crippen LogP contribution in [0.2, 0.25) is 0 Å². The summed E-state index contributed by atoms with van der Waals surface area (Å²) in [5.74, 6) is 0. The fraction of sp³-hybridized carbons (Fsp3) is 0.100. The molecular formula is C10H11NO. The molecule has 2 nitrogen and oxygen atoms in total. The smallest absolute Gasteiger partial charge is 0.145 e. The maximum Gasteiger partial charge on any atom is 0.145 e. The predicted octanol–water partition coefficient (Wildman–Crippen LogP) is 1.87. The summed E-state index contributed by atoms with van der Waals surface area (Å²) in [6.07, 6.45) is 2.64. The molecular weight excluding hydrogens is 150 g/mol. The van der Waals surface area contributed by atoms with Crippen LogP contribution in [0.1, 0.15) is 12.5 Å². The van der Waals surface area contributed by atoms with Gasteiger partial charge in [0, 0.05) is 5.69 Å². The van der Waals surface area contributed by atoms with Crippen LogP contribution in [-0.4, -0.2) is 6.29 Å². The number of aldehydes is 1. The van der Waals surface area contributed by atoms with Gasteiger partial charge in [0.2, 0.25) is 0 Å². The first-order valence-corrected chi connectivity index (χ1v) is 3.71. The number of hydrogen-bond acceptors (Lipinski definition) is 2. The molecule has 0 spiro atoms. The van der Waals surface area contributed by atoms with Gasteiger partial charge in [0.05, 0.1) is 0 Å². The standard InChI is InChI=1S/C10H11NO/c1-8(7-12)6-9-2-4-10(11)5-3-9/h2-7H,11H2,1H3/b8-6+. The van der Waals surface area contributed by atoms with Gasteiger partial charge in [-0.3, -0.25) is 4.79 Å². The van der Waals surface area contributed by atoms with Crippen LogP contribution >= 0.6 is 0 Å². The normalized spacial score (nSPS) is 11.2. The van der Waals surface area contributed by atoms with Crippen molar-refractivity contribution in [2.24, 2.45) is 0 Å². The van der Waals surface area contributed by atoms with Crippen LogP contribution in [0.25, 0.3) is 6.08 Å². The van der Waals surface area contributed by atoms with E-state index in [0.717, 1.165) is 17.5 Å². The average molecular weight is 161 g/mol. The molecule has 1 rings (SSSR count). The molecule has 0 aliphatic rings. The third-order valence-electron chi connectivity index (χ3n) is 1.52. The van der Waals surface area contributed by atoms with Crippen molar-refractivity contribution in [1.29, 1.82) is 0 Å². The van der Waals surface area contributed by atoms with Gasteiger partial charge in [0.15, 0.2) is 0 Å². The summed E-state index contributed by atoms with van der Waals surface area (Å²) in [6.45, 7) is 1.77. The Hall–Kier alpha value is -1.57. The van der Waals surface area contributed by atoms with Crippen molar-refractivity contribution in [3.8, 4) is 0 Å². The minimum atomic E-state index is 0.708.